The number of aryl methyl sites for hydroxylation is 2. The molecule has 104 valence electrons. The molecule has 0 amide bonds. The Hall–Kier alpha value is -3.11. The number of hydrogen-bond acceptors (Lipinski definition) is 0. The first kappa shape index (κ1) is 12.6. The minimum Gasteiger partial charge on any atom is -0.250 e. The quantitative estimate of drug-likeness (QED) is 0.343. The highest BCUT2D eigenvalue weighted by atomic mass is 15.4. The van der Waals surface area contributed by atoms with E-state index in [1.54, 1.807) is 6.07 Å². The fraction of sp³-hybridized carbons (Fsp3) is 0.167. The molecule has 0 unspecified atom stereocenters. The maximum absolute atomic E-state index is 7.51. The highest BCUT2D eigenvalue weighted by Crippen LogP contribution is 2.39. The lowest BCUT2D eigenvalue weighted by Gasteiger charge is -2.06. The summed E-state index contributed by atoms with van der Waals surface area (Å²) in [5.74, 6) is 0. The zero-order valence-electron chi connectivity index (χ0n) is 12.4. The molecular formula is C18H13N4+. The van der Waals surface area contributed by atoms with Crippen LogP contribution in [0.2, 0.25) is 0 Å². The van der Waals surface area contributed by atoms with Gasteiger partial charge in [-0.3, -0.25) is 4.85 Å². The predicted octanol–water partition coefficient (Wildman–Crippen LogP) is 4.00. The van der Waals surface area contributed by atoms with Gasteiger partial charge >= 0.3 is 0 Å². The summed E-state index contributed by atoms with van der Waals surface area (Å²) in [4.78, 5) is 7.15. The van der Waals surface area contributed by atoms with Crippen molar-refractivity contribution in [1.82, 2.24) is 4.68 Å². The largest absolute Gasteiger partial charge is 0.250 e. The second-order valence-corrected chi connectivity index (χ2v) is 5.66. The summed E-state index contributed by atoms with van der Waals surface area (Å²) >= 11 is 0. The molecule has 2 aromatic carbocycles. The Balaban J connectivity index is 2.20. The second-order valence-electron chi connectivity index (χ2n) is 5.66. The van der Waals surface area contributed by atoms with Gasteiger partial charge in [0.15, 0.2) is 12.2 Å². The van der Waals surface area contributed by atoms with E-state index in [0.29, 0.717) is 11.4 Å². The van der Waals surface area contributed by atoms with Crippen molar-refractivity contribution in [1.29, 1.82) is 0 Å². The van der Waals surface area contributed by atoms with E-state index < -0.39 is 0 Å². The second kappa shape index (κ2) is 4.19. The van der Waals surface area contributed by atoms with Gasteiger partial charge in [0.2, 0.25) is 11.9 Å². The van der Waals surface area contributed by atoms with Crippen LogP contribution in [0.3, 0.4) is 0 Å². The molecule has 0 aliphatic carbocycles. The Morgan fingerprint density at radius 1 is 1.05 bits per heavy atom. The number of aromatic nitrogens is 2. The van der Waals surface area contributed by atoms with E-state index in [0.717, 1.165) is 23.1 Å². The Bertz CT molecular complexity index is 1040. The van der Waals surface area contributed by atoms with Crippen LogP contribution in [-0.2, 0) is 6.54 Å². The van der Waals surface area contributed by atoms with E-state index in [1.807, 2.05) is 6.07 Å². The van der Waals surface area contributed by atoms with Crippen LogP contribution < -0.4 is 4.68 Å². The van der Waals surface area contributed by atoms with Crippen LogP contribution in [0.1, 0.15) is 16.7 Å². The van der Waals surface area contributed by atoms with E-state index in [4.69, 9.17) is 13.1 Å². The zero-order chi connectivity index (χ0) is 15.4. The minimum absolute atomic E-state index is 0.419. The minimum atomic E-state index is 0.419. The van der Waals surface area contributed by atoms with E-state index in [1.165, 1.54) is 16.7 Å². The molecule has 4 heteroatoms. The highest BCUT2D eigenvalue weighted by Gasteiger charge is 2.32. The van der Waals surface area contributed by atoms with Crippen molar-refractivity contribution in [2.24, 2.45) is 0 Å². The van der Waals surface area contributed by atoms with Gasteiger partial charge in [0, 0.05) is 0 Å². The first-order valence-corrected chi connectivity index (χ1v) is 7.08. The number of rotatable bonds is 0. The van der Waals surface area contributed by atoms with E-state index in [2.05, 4.69) is 51.2 Å². The van der Waals surface area contributed by atoms with Crippen LogP contribution in [0, 0.1) is 27.0 Å². The van der Waals surface area contributed by atoms with Gasteiger partial charge in [0.25, 0.3) is 0 Å². The summed E-state index contributed by atoms with van der Waals surface area (Å²) in [7, 11) is 0. The Kier molecular flexibility index (Phi) is 2.40. The monoisotopic (exact) mass is 285 g/mol. The zero-order valence-corrected chi connectivity index (χ0v) is 12.4. The molecule has 0 N–H and O–H groups in total. The van der Waals surface area contributed by atoms with Crippen molar-refractivity contribution < 1.29 is 4.68 Å². The van der Waals surface area contributed by atoms with Crippen molar-refractivity contribution in [3.05, 3.63) is 70.0 Å². The highest BCUT2D eigenvalue weighted by molar-refractivity contribution is 5.99. The van der Waals surface area contributed by atoms with Crippen molar-refractivity contribution in [3.8, 4) is 5.69 Å². The molecule has 1 aromatic heterocycles. The fourth-order valence-electron chi connectivity index (χ4n) is 3.33. The Morgan fingerprint density at radius 2 is 1.82 bits per heavy atom. The lowest BCUT2D eigenvalue weighted by Crippen LogP contribution is -2.36. The van der Waals surface area contributed by atoms with Crippen LogP contribution in [0.25, 0.3) is 26.3 Å². The van der Waals surface area contributed by atoms with Gasteiger partial charge in [-0.2, -0.15) is 0 Å². The molecule has 0 atom stereocenters. The van der Waals surface area contributed by atoms with Crippen LogP contribution in [0.4, 0.5) is 11.4 Å². The molecule has 3 aromatic rings. The molecule has 0 radical (unpaired) electrons. The molecule has 0 bridgehead atoms. The Labute approximate surface area is 128 Å². The molecule has 2 heterocycles. The first-order valence-electron chi connectivity index (χ1n) is 7.08. The van der Waals surface area contributed by atoms with Gasteiger partial charge in [0.05, 0.1) is 24.1 Å². The molecule has 0 spiro atoms. The van der Waals surface area contributed by atoms with Crippen molar-refractivity contribution in [2.45, 2.75) is 20.4 Å². The summed E-state index contributed by atoms with van der Waals surface area (Å²) in [6, 6.07) is 7.93. The van der Waals surface area contributed by atoms with Gasteiger partial charge in [-0.1, -0.05) is 24.3 Å². The van der Waals surface area contributed by atoms with Gasteiger partial charge in [-0.25, -0.2) is 4.85 Å². The van der Waals surface area contributed by atoms with E-state index >= 15 is 0 Å². The molecule has 22 heavy (non-hydrogen) atoms. The van der Waals surface area contributed by atoms with Crippen LogP contribution in [-0.4, -0.2) is 4.68 Å². The number of benzene rings is 2. The topological polar surface area (TPSA) is 17.5 Å². The van der Waals surface area contributed by atoms with Crippen LogP contribution in [0.5, 0.6) is 0 Å². The van der Waals surface area contributed by atoms with E-state index in [-0.39, 0.29) is 0 Å². The average molecular weight is 285 g/mol. The van der Waals surface area contributed by atoms with Crippen molar-refractivity contribution >= 4 is 22.3 Å². The molecule has 4 rings (SSSR count). The SMILES string of the molecule is [C-]#[N+]c1ccc2c[n+]3n(c2c1[N+]#[C-])-c1c(C)ccc(C)c1C3. The van der Waals surface area contributed by atoms with Crippen LogP contribution >= 0.6 is 0 Å². The van der Waals surface area contributed by atoms with Crippen molar-refractivity contribution in [3.63, 3.8) is 0 Å². The molecular weight excluding hydrogens is 272 g/mol. The molecule has 0 saturated heterocycles. The molecule has 0 fully saturated rings. The maximum Gasteiger partial charge on any atom is 0.224 e. The van der Waals surface area contributed by atoms with Gasteiger partial charge in [-0.15, -0.1) is 9.36 Å². The van der Waals surface area contributed by atoms with Gasteiger partial charge in [-0.05, 0) is 25.0 Å². The molecule has 4 nitrogen and oxygen atoms in total. The standard InChI is InChI=1S/C18H13N4/c1-11-5-6-12(2)17-14(11)10-21-9-13-7-8-15(19-3)16(20-4)18(13)22(17)21/h5-9H,10H2,1-2H3/q+1. The third kappa shape index (κ3) is 1.42. The summed E-state index contributed by atoms with van der Waals surface area (Å²) < 4.78 is 4.24. The lowest BCUT2D eigenvalue weighted by molar-refractivity contribution is -0.749. The summed E-state index contributed by atoms with van der Waals surface area (Å²) in [6.45, 7) is 19.8. The number of hydrogen-bond donors (Lipinski definition) is 0. The maximum atomic E-state index is 7.51. The predicted molar refractivity (Wildman–Crippen MR) is 84.6 cm³/mol. The van der Waals surface area contributed by atoms with Gasteiger partial charge < -0.3 is 0 Å². The Morgan fingerprint density at radius 3 is 2.55 bits per heavy atom. The molecule has 0 saturated carbocycles. The molecule has 1 aliphatic rings. The smallest absolute Gasteiger partial charge is 0.224 e. The third-order valence-corrected chi connectivity index (χ3v) is 4.40. The third-order valence-electron chi connectivity index (χ3n) is 4.40. The molecule has 1 aliphatic heterocycles. The normalized spacial score (nSPS) is 11.8. The first-order chi connectivity index (χ1) is 10.7. The van der Waals surface area contributed by atoms with E-state index in [9.17, 15) is 0 Å². The average Bonchev–Trinajstić information content (AvgIpc) is 3.06. The lowest BCUT2D eigenvalue weighted by atomic mass is 10.0. The number of nitrogens with zero attached hydrogens (tertiary/aromatic N) is 4. The summed E-state index contributed by atoms with van der Waals surface area (Å²) in [5.41, 5.74) is 6.61. The summed E-state index contributed by atoms with van der Waals surface area (Å²) in [6.07, 6.45) is 2.07. The van der Waals surface area contributed by atoms with Crippen LogP contribution in [0.15, 0.2) is 30.5 Å². The summed E-state index contributed by atoms with van der Waals surface area (Å²) in [5, 5.41) is 1.00. The van der Waals surface area contributed by atoms with Crippen molar-refractivity contribution in [2.75, 3.05) is 0 Å². The number of fused-ring (bicyclic) bond motifs is 5. The van der Waals surface area contributed by atoms with Gasteiger partial charge in [0.1, 0.15) is 11.2 Å². The fourth-order valence-corrected chi connectivity index (χ4v) is 3.33.